The van der Waals surface area contributed by atoms with Gasteiger partial charge in [-0.2, -0.15) is 10.2 Å². The third-order valence-corrected chi connectivity index (χ3v) is 3.69. The van der Waals surface area contributed by atoms with Crippen LogP contribution in [0.5, 0.6) is 0 Å². The summed E-state index contributed by atoms with van der Waals surface area (Å²) in [5.74, 6) is 0.320. The maximum absolute atomic E-state index is 12.3. The Bertz CT molecular complexity index is 831. The number of nitrogens with one attached hydrogen (secondary N) is 2. The zero-order valence-electron chi connectivity index (χ0n) is 12.7. The molecule has 2 N–H and O–H groups in total. The molecule has 0 saturated heterocycles. The van der Waals surface area contributed by atoms with Gasteiger partial charge in [-0.1, -0.05) is 18.2 Å². The van der Waals surface area contributed by atoms with Gasteiger partial charge in [0.05, 0.1) is 17.4 Å². The molecule has 0 spiro atoms. The summed E-state index contributed by atoms with van der Waals surface area (Å²) in [4.78, 5) is 12.3. The van der Waals surface area contributed by atoms with Crippen LogP contribution in [0.15, 0.2) is 36.7 Å². The molecule has 0 radical (unpaired) electrons. The summed E-state index contributed by atoms with van der Waals surface area (Å²) in [5, 5.41) is 14.0. The first-order valence-electron chi connectivity index (χ1n) is 7.00. The van der Waals surface area contributed by atoms with E-state index < -0.39 is 0 Å². The summed E-state index contributed by atoms with van der Waals surface area (Å²) < 4.78 is 1.70. The van der Waals surface area contributed by atoms with Gasteiger partial charge in [0.25, 0.3) is 5.91 Å². The molecular weight excluding hydrogens is 278 g/mol. The lowest BCUT2D eigenvalue weighted by molar-refractivity contribution is 0.102. The Morgan fingerprint density at radius 3 is 2.68 bits per heavy atom. The van der Waals surface area contributed by atoms with Gasteiger partial charge in [-0.05, 0) is 32.4 Å². The van der Waals surface area contributed by atoms with Crippen molar-refractivity contribution in [2.24, 2.45) is 0 Å². The lowest BCUT2D eigenvalue weighted by Crippen LogP contribution is -2.12. The molecule has 0 aliphatic heterocycles. The molecule has 0 aliphatic carbocycles. The Labute approximate surface area is 128 Å². The van der Waals surface area contributed by atoms with E-state index in [9.17, 15) is 4.79 Å². The molecule has 3 rings (SSSR count). The van der Waals surface area contributed by atoms with Crippen LogP contribution < -0.4 is 5.32 Å². The highest BCUT2D eigenvalue weighted by Crippen LogP contribution is 2.16. The van der Waals surface area contributed by atoms with Gasteiger partial charge in [0.2, 0.25) is 0 Å². The summed E-state index contributed by atoms with van der Waals surface area (Å²) in [5.41, 5.74) is 4.40. The van der Waals surface area contributed by atoms with E-state index in [1.165, 1.54) is 0 Å². The minimum Gasteiger partial charge on any atom is -0.305 e. The topological polar surface area (TPSA) is 75.6 Å². The van der Waals surface area contributed by atoms with Crippen molar-refractivity contribution in [1.82, 2.24) is 20.0 Å². The molecule has 2 aromatic heterocycles. The van der Waals surface area contributed by atoms with Crippen molar-refractivity contribution >= 4 is 11.7 Å². The van der Waals surface area contributed by atoms with Crippen LogP contribution in [0.25, 0.3) is 5.69 Å². The highest BCUT2D eigenvalue weighted by atomic mass is 16.1. The highest BCUT2D eigenvalue weighted by molar-refractivity contribution is 6.03. The maximum atomic E-state index is 12.3. The Morgan fingerprint density at radius 2 is 2.00 bits per heavy atom. The largest absolute Gasteiger partial charge is 0.305 e. The summed E-state index contributed by atoms with van der Waals surface area (Å²) in [6.45, 7) is 5.83. The monoisotopic (exact) mass is 295 g/mol. The van der Waals surface area contributed by atoms with Crippen molar-refractivity contribution in [1.29, 1.82) is 0 Å². The average Bonchev–Trinajstić information content (AvgIpc) is 3.10. The molecule has 3 aromatic rings. The third kappa shape index (κ3) is 2.50. The Balaban J connectivity index is 1.83. The third-order valence-electron chi connectivity index (χ3n) is 3.69. The van der Waals surface area contributed by atoms with Gasteiger partial charge in [-0.15, -0.1) is 0 Å². The van der Waals surface area contributed by atoms with Crippen molar-refractivity contribution in [3.05, 3.63) is 59.0 Å². The van der Waals surface area contributed by atoms with Crippen LogP contribution in [0.1, 0.15) is 27.2 Å². The number of nitrogens with zero attached hydrogens (tertiary/aromatic N) is 3. The molecule has 0 atom stereocenters. The van der Waals surface area contributed by atoms with E-state index in [0.29, 0.717) is 11.4 Å². The number of benzene rings is 1. The minimum atomic E-state index is -0.227. The van der Waals surface area contributed by atoms with Crippen LogP contribution in [-0.4, -0.2) is 25.9 Å². The molecule has 0 saturated carbocycles. The Morgan fingerprint density at radius 1 is 1.23 bits per heavy atom. The van der Waals surface area contributed by atoms with E-state index in [4.69, 9.17) is 0 Å². The van der Waals surface area contributed by atoms with E-state index in [1.807, 2.05) is 45.0 Å². The molecular formula is C16H17N5O. The number of hydrogen-bond acceptors (Lipinski definition) is 3. The molecule has 6 heteroatoms. The van der Waals surface area contributed by atoms with Crippen LogP contribution >= 0.6 is 0 Å². The van der Waals surface area contributed by atoms with Crippen LogP contribution in [-0.2, 0) is 0 Å². The van der Waals surface area contributed by atoms with Gasteiger partial charge in [-0.25, -0.2) is 4.68 Å². The van der Waals surface area contributed by atoms with Gasteiger partial charge in [0, 0.05) is 17.5 Å². The van der Waals surface area contributed by atoms with Gasteiger partial charge < -0.3 is 5.32 Å². The zero-order chi connectivity index (χ0) is 15.7. The maximum Gasteiger partial charge on any atom is 0.260 e. The predicted molar refractivity (Wildman–Crippen MR) is 84.3 cm³/mol. The first kappa shape index (κ1) is 14.1. The van der Waals surface area contributed by atoms with Gasteiger partial charge in [-0.3, -0.25) is 9.89 Å². The van der Waals surface area contributed by atoms with E-state index in [2.05, 4.69) is 20.6 Å². The summed E-state index contributed by atoms with van der Waals surface area (Å²) in [7, 11) is 0. The van der Waals surface area contributed by atoms with Crippen molar-refractivity contribution in [2.75, 3.05) is 5.32 Å². The molecule has 6 nitrogen and oxygen atoms in total. The molecule has 22 heavy (non-hydrogen) atoms. The summed E-state index contributed by atoms with van der Waals surface area (Å²) >= 11 is 0. The summed E-state index contributed by atoms with van der Waals surface area (Å²) in [6.07, 6.45) is 3.27. The standard InChI is InChI=1S/C16H17N5O/c1-10-6-4-5-7-14(10)21-9-13(8-17-21)16(22)18-15-11(2)12(3)19-20-15/h4-9H,1-3H3,(H2,18,19,20,22). The molecule has 0 bridgehead atoms. The number of aryl methyl sites for hydroxylation is 2. The van der Waals surface area contributed by atoms with E-state index >= 15 is 0 Å². The fraction of sp³-hybridized carbons (Fsp3) is 0.188. The van der Waals surface area contributed by atoms with Gasteiger partial charge >= 0.3 is 0 Å². The highest BCUT2D eigenvalue weighted by Gasteiger charge is 2.14. The van der Waals surface area contributed by atoms with Crippen molar-refractivity contribution < 1.29 is 4.79 Å². The number of amides is 1. The lowest BCUT2D eigenvalue weighted by Gasteiger charge is -2.04. The van der Waals surface area contributed by atoms with Gasteiger partial charge in [0.1, 0.15) is 0 Å². The predicted octanol–water partition coefficient (Wildman–Crippen LogP) is 2.77. The van der Waals surface area contributed by atoms with E-state index in [1.54, 1.807) is 17.1 Å². The number of aromatic nitrogens is 4. The number of rotatable bonds is 3. The number of carbonyl (C=O) groups is 1. The fourth-order valence-corrected chi connectivity index (χ4v) is 2.18. The molecule has 0 aliphatic rings. The number of anilines is 1. The summed E-state index contributed by atoms with van der Waals surface area (Å²) in [6, 6.07) is 7.89. The smallest absolute Gasteiger partial charge is 0.260 e. The average molecular weight is 295 g/mol. The first-order valence-corrected chi connectivity index (χ1v) is 7.00. The van der Waals surface area contributed by atoms with Crippen LogP contribution in [0, 0.1) is 20.8 Å². The minimum absolute atomic E-state index is 0.227. The van der Waals surface area contributed by atoms with E-state index in [0.717, 1.165) is 22.5 Å². The van der Waals surface area contributed by atoms with Crippen molar-refractivity contribution in [3.8, 4) is 5.69 Å². The second-order valence-corrected chi connectivity index (χ2v) is 5.24. The number of aromatic amines is 1. The zero-order valence-corrected chi connectivity index (χ0v) is 12.7. The second kappa shape index (κ2) is 5.48. The Kier molecular flexibility index (Phi) is 3.50. The SMILES string of the molecule is Cc1ccccc1-n1cc(C(=O)Nc2n[nH]c(C)c2C)cn1. The van der Waals surface area contributed by atoms with Gasteiger partial charge in [0.15, 0.2) is 5.82 Å². The molecule has 2 heterocycles. The molecule has 0 unspecified atom stereocenters. The second-order valence-electron chi connectivity index (χ2n) is 5.24. The molecule has 1 aromatic carbocycles. The number of carbonyl (C=O) groups excluding carboxylic acids is 1. The normalized spacial score (nSPS) is 10.7. The molecule has 1 amide bonds. The number of hydrogen-bond donors (Lipinski definition) is 2. The van der Waals surface area contributed by atoms with Crippen molar-refractivity contribution in [3.63, 3.8) is 0 Å². The van der Waals surface area contributed by atoms with Crippen LogP contribution in [0.2, 0.25) is 0 Å². The number of H-pyrrole nitrogens is 1. The van der Waals surface area contributed by atoms with Crippen LogP contribution in [0.4, 0.5) is 5.82 Å². The quantitative estimate of drug-likeness (QED) is 0.780. The fourth-order valence-electron chi connectivity index (χ4n) is 2.18. The molecule has 0 fully saturated rings. The van der Waals surface area contributed by atoms with E-state index in [-0.39, 0.29) is 5.91 Å². The number of para-hydroxylation sites is 1. The Hall–Kier alpha value is -2.89. The first-order chi connectivity index (χ1) is 10.6. The van der Waals surface area contributed by atoms with Crippen molar-refractivity contribution in [2.45, 2.75) is 20.8 Å². The lowest BCUT2D eigenvalue weighted by atomic mass is 10.2. The van der Waals surface area contributed by atoms with Crippen LogP contribution in [0.3, 0.4) is 0 Å². The molecule has 112 valence electrons.